The van der Waals surface area contributed by atoms with Crippen LogP contribution in [0.2, 0.25) is 0 Å². The molecule has 0 spiro atoms. The predicted molar refractivity (Wildman–Crippen MR) is 498 cm³/mol. The summed E-state index contributed by atoms with van der Waals surface area (Å²) in [5, 5.41) is 14.4. The van der Waals surface area contributed by atoms with Gasteiger partial charge in [0.1, 0.15) is 73.5 Å². The van der Waals surface area contributed by atoms with Gasteiger partial charge >= 0.3 is 41.8 Å². The van der Waals surface area contributed by atoms with Gasteiger partial charge in [-0.15, -0.1) is 0 Å². The normalized spacial score (nSPS) is 21.5. The molecule has 3 aromatic rings. The Hall–Kier alpha value is -10.1. The number of carbonyl (C=O) groups is 15. The molecular formula is C94H138N8O31PS2-. The molecule has 3 aromatic carbocycles. The highest BCUT2D eigenvalue weighted by molar-refractivity contribution is 8.38. The molecule has 3 aliphatic rings. The van der Waals surface area contributed by atoms with E-state index in [9.17, 15) is 67.1 Å². The maximum atomic E-state index is 16.0. The van der Waals surface area contributed by atoms with E-state index in [0.717, 1.165) is 0 Å². The molecule has 16 atom stereocenters. The standard InChI is InChI=1S/C94H138N8O31PS2/c1-58-84(97-61(4)103)91(131-75(54-123-64(7)106)87(58)127-67(10)109)120-51-24-16-21-32-79(112)95-45-27-47-101(82(115)34-23-18-26-53-122-93-86(99-63(6)105)60(3)89(129-69(12)111)77(133-93)56-125-66(9)108)49-29-50-102(48-28-46-96-80(113)33-22-17-25-52-121-92-85(98-62(5)104)59(2)88(128-68(11)110)76(132-92)55-124-65(8)107)90(117)78(130-83(116)44-43-81(114)100-136(134)135)57-126-94(70-30-19-15-20-31-70,71-35-39-73(118-13)40-36-71)72-37-41-74(119-14)42-38-72/h15,19-20,30-31,35-42,58-60,75-78,84-89,91-93,134H,16-18,21-29,32-34,43-57H2,1-14H3,(H,95,112)(H,96,113)(H,97,103)(H,98,104)(H,99,105)(H,100,114,135)/q-1/t58-,59-,60-,75?,76?,77?,78?,84?,85?,86?,87-,88-,89-,91-,92-,93-/m1/s1. The number of ether oxygens (including phenoxy) is 16. The van der Waals surface area contributed by atoms with Crippen LogP contribution in [0.15, 0.2) is 78.9 Å². The lowest BCUT2D eigenvalue weighted by Gasteiger charge is -2.44. The molecule has 6 rings (SSSR count). The average Bonchev–Trinajstić information content (AvgIpc) is 0.748. The van der Waals surface area contributed by atoms with Crippen LogP contribution in [0.3, 0.4) is 0 Å². The average molecular weight is 1970 g/mol. The van der Waals surface area contributed by atoms with Crippen LogP contribution in [-0.4, -0.2) is 278 Å². The highest BCUT2D eigenvalue weighted by Gasteiger charge is 2.51. The monoisotopic (exact) mass is 1970 g/mol. The molecule has 8 amide bonds. The lowest BCUT2D eigenvalue weighted by molar-refractivity contribution is -0.262. The maximum absolute atomic E-state index is 16.0. The SMILES string of the molecule is COc1ccc(C(OCC(OC(=O)CCC(=O)N[S-](=P)=S)C(=O)N(CCCNC(=O)CCCCCO[C@@H]2OC(COC(C)=O)[C@H](OC(C)=O)[C@H](C)C2NC(C)=O)CCCN(CCCNC(=O)CCCCCO[C@@H]2OC(COC(C)=O)[C@H](OC(C)=O)[C@H](C)C2NC(C)=O)C(=O)CCCCCO[C@@H]2OC(COC(C)=O)[C@H](OC(C)=O)[C@H](C)C2NC(C)=O)(c2ccccc2)c2ccc(OC)cc2)cc1. The van der Waals surface area contributed by atoms with Gasteiger partial charge in [-0.05, 0) is 98.7 Å². The van der Waals surface area contributed by atoms with Crippen molar-refractivity contribution in [3.05, 3.63) is 95.6 Å². The van der Waals surface area contributed by atoms with Gasteiger partial charge in [0.15, 0.2) is 18.9 Å². The van der Waals surface area contributed by atoms with E-state index in [0.29, 0.717) is 86.0 Å². The summed E-state index contributed by atoms with van der Waals surface area (Å²) in [4.78, 5) is 198. The smallest absolute Gasteiger partial charge is 0.307 e. The van der Waals surface area contributed by atoms with E-state index >= 15 is 4.79 Å². The molecule has 3 heterocycles. The number of nitrogens with zero attached hydrogens (tertiary/aromatic N) is 2. The molecule has 136 heavy (non-hydrogen) atoms. The number of esters is 7. The van der Waals surface area contributed by atoms with Crippen LogP contribution in [0.4, 0.5) is 0 Å². The maximum Gasteiger partial charge on any atom is 0.307 e. The highest BCUT2D eigenvalue weighted by atomic mass is 32.9. The van der Waals surface area contributed by atoms with Gasteiger partial charge in [0.2, 0.25) is 47.5 Å². The summed E-state index contributed by atoms with van der Waals surface area (Å²) >= 11 is 5.15. The first-order valence-electron chi connectivity index (χ1n) is 46.1. The third-order valence-electron chi connectivity index (χ3n) is 22.8. The lowest BCUT2D eigenvalue weighted by Crippen LogP contribution is -2.62. The Bertz CT molecular complexity index is 4380. The quantitative estimate of drug-likeness (QED) is 0.00850. The summed E-state index contributed by atoms with van der Waals surface area (Å²) in [5.74, 6) is -8.37. The molecule has 758 valence electrons. The van der Waals surface area contributed by atoms with E-state index < -0.39 is 184 Å². The molecule has 0 aromatic heterocycles. The Balaban J connectivity index is 1.25. The third-order valence-corrected chi connectivity index (χ3v) is 23.8. The van der Waals surface area contributed by atoms with E-state index in [4.69, 9.17) is 87.0 Å². The molecule has 0 radical (unpaired) electrons. The van der Waals surface area contributed by atoms with Crippen molar-refractivity contribution in [3.8, 4) is 11.5 Å². The highest BCUT2D eigenvalue weighted by Crippen LogP contribution is 2.43. The van der Waals surface area contributed by atoms with Crippen molar-refractivity contribution in [1.82, 2.24) is 41.1 Å². The van der Waals surface area contributed by atoms with Crippen molar-refractivity contribution in [3.63, 3.8) is 0 Å². The molecule has 7 unspecified atom stereocenters. The van der Waals surface area contributed by atoms with Gasteiger partial charge in [-0.1, -0.05) is 94.6 Å². The van der Waals surface area contributed by atoms with E-state index in [1.807, 2.05) is 54.6 Å². The second-order valence-electron chi connectivity index (χ2n) is 33.6. The predicted octanol–water partition coefficient (Wildman–Crippen LogP) is 6.75. The van der Waals surface area contributed by atoms with E-state index in [1.54, 1.807) is 49.9 Å². The summed E-state index contributed by atoms with van der Waals surface area (Å²) in [5.41, 5.74) is 0.206. The zero-order valence-electron chi connectivity index (χ0n) is 80.3. The first-order valence-corrected chi connectivity index (χ1v) is 49.5. The Morgan fingerprint density at radius 2 is 0.787 bits per heavy atom. The van der Waals surface area contributed by atoms with Crippen LogP contribution < -0.4 is 40.8 Å². The minimum atomic E-state index is -1.73. The van der Waals surface area contributed by atoms with Gasteiger partial charge in [0, 0.05) is 165 Å². The van der Waals surface area contributed by atoms with Gasteiger partial charge in [-0.2, -0.15) is 0 Å². The molecule has 0 bridgehead atoms. The zero-order chi connectivity index (χ0) is 100.0. The Kier molecular flexibility index (Phi) is 51.1. The fraction of sp³-hybridized carbons (Fsp3) is 0.649. The second-order valence-corrected chi connectivity index (χ2v) is 37.5. The Morgan fingerprint density at radius 3 is 1.15 bits per heavy atom. The number of benzene rings is 3. The van der Waals surface area contributed by atoms with Crippen LogP contribution in [0.25, 0.3) is 0 Å². The number of unbranched alkanes of at least 4 members (excludes halogenated alkanes) is 6. The van der Waals surface area contributed by atoms with Gasteiger partial charge in [0.25, 0.3) is 5.91 Å². The molecule has 6 N–H and O–H groups in total. The number of hydrogen-bond donors (Lipinski definition) is 6. The van der Waals surface area contributed by atoms with Crippen LogP contribution in [0.5, 0.6) is 11.5 Å². The van der Waals surface area contributed by atoms with Gasteiger partial charge in [-0.3, -0.25) is 88.8 Å². The van der Waals surface area contributed by atoms with Crippen LogP contribution >= 0.6 is 8.02 Å². The minimum Gasteiger partial charge on any atom is -0.497 e. The summed E-state index contributed by atoms with van der Waals surface area (Å²) in [6, 6.07) is 21.2. The number of amides is 8. The number of hydrogen-bond acceptors (Lipinski definition) is 33. The lowest BCUT2D eigenvalue weighted by atomic mass is 9.80. The molecule has 0 saturated carbocycles. The van der Waals surface area contributed by atoms with Crippen LogP contribution in [0, 0.1) is 17.8 Å². The molecule has 42 heteroatoms. The molecule has 0 aliphatic carbocycles. The second kappa shape index (κ2) is 60.6. The number of methoxy groups -OCH3 is 2. The molecule has 3 saturated heterocycles. The first-order chi connectivity index (χ1) is 64.8. The molecular weight excluding hydrogens is 1830 g/mol. The van der Waals surface area contributed by atoms with Crippen molar-refractivity contribution in [2.24, 2.45) is 17.8 Å². The van der Waals surface area contributed by atoms with Crippen LogP contribution in [-0.2, 0) is 164 Å². The zero-order valence-corrected chi connectivity index (χ0v) is 83.0. The van der Waals surface area contributed by atoms with Gasteiger partial charge in [0.05, 0.1) is 45.4 Å². The van der Waals surface area contributed by atoms with Crippen molar-refractivity contribution in [1.29, 1.82) is 0 Å². The van der Waals surface area contributed by atoms with E-state index in [2.05, 4.69) is 39.3 Å². The fourth-order valence-electron chi connectivity index (χ4n) is 16.2. The Labute approximate surface area is 803 Å². The van der Waals surface area contributed by atoms with Crippen molar-refractivity contribution in [2.75, 3.05) is 99.7 Å². The molecule has 39 nitrogen and oxygen atoms in total. The topological polar surface area (TPSA) is 482 Å². The fourth-order valence-corrected chi connectivity index (χ4v) is 17.1. The van der Waals surface area contributed by atoms with Gasteiger partial charge < -0.3 is 117 Å². The Morgan fingerprint density at radius 1 is 0.426 bits per heavy atom. The van der Waals surface area contributed by atoms with E-state index in [1.165, 1.54) is 81.4 Å². The molecule has 3 fully saturated rings. The van der Waals surface area contributed by atoms with E-state index in [-0.39, 0.29) is 153 Å². The largest absolute Gasteiger partial charge is 0.497 e. The first kappa shape index (κ1) is 115. The minimum absolute atomic E-state index is 0.0357. The van der Waals surface area contributed by atoms with Gasteiger partial charge in [-0.25, -0.2) is 11.2 Å². The molecule has 3 aliphatic heterocycles. The summed E-state index contributed by atoms with van der Waals surface area (Å²) < 4.78 is 96.9. The van der Waals surface area contributed by atoms with Crippen molar-refractivity contribution < 1.29 is 148 Å². The van der Waals surface area contributed by atoms with Crippen molar-refractivity contribution >= 4 is 117 Å². The summed E-state index contributed by atoms with van der Waals surface area (Å²) in [7, 11) is 5.13. The third kappa shape index (κ3) is 39.8. The number of nitrogens with one attached hydrogen (secondary N) is 6. The van der Waals surface area contributed by atoms with Crippen LogP contribution in [0.1, 0.15) is 209 Å². The van der Waals surface area contributed by atoms with Crippen molar-refractivity contribution in [2.45, 2.75) is 278 Å². The number of rotatable bonds is 59. The number of carbonyl (C=O) groups excluding carboxylic acids is 15. The summed E-state index contributed by atoms with van der Waals surface area (Å²) in [6.07, 6.45) is -6.26. The summed E-state index contributed by atoms with van der Waals surface area (Å²) in [6.45, 7) is 15.9.